The molecule has 0 aromatic carbocycles. The van der Waals surface area contributed by atoms with Gasteiger partial charge in [0.1, 0.15) is 12.2 Å². The molecule has 25 heavy (non-hydrogen) atoms. The Kier molecular flexibility index (Phi) is 4.10. The summed E-state index contributed by atoms with van der Waals surface area (Å²) < 4.78 is 1.98. The molecule has 3 aromatic heterocycles. The molecule has 0 radical (unpaired) electrons. The van der Waals surface area contributed by atoms with Crippen molar-refractivity contribution in [1.29, 1.82) is 0 Å². The van der Waals surface area contributed by atoms with Gasteiger partial charge >= 0.3 is 0 Å². The van der Waals surface area contributed by atoms with Crippen molar-refractivity contribution in [2.24, 2.45) is 0 Å². The van der Waals surface area contributed by atoms with Gasteiger partial charge < -0.3 is 4.98 Å². The van der Waals surface area contributed by atoms with Gasteiger partial charge in [0, 0.05) is 51.2 Å². The average molecular weight is 337 g/mol. The number of fused-ring (bicyclic) bond motifs is 1. The second kappa shape index (κ2) is 6.56. The first-order valence-electron chi connectivity index (χ1n) is 8.35. The number of aromatic amines is 1. The van der Waals surface area contributed by atoms with E-state index in [9.17, 15) is 4.79 Å². The molecule has 0 aliphatic carbocycles. The number of H-pyrrole nitrogens is 1. The first-order valence-corrected chi connectivity index (χ1v) is 8.35. The first kappa shape index (κ1) is 15.6. The van der Waals surface area contributed by atoms with Crippen LogP contribution in [0.15, 0.2) is 35.8 Å². The highest BCUT2D eigenvalue weighted by Crippen LogP contribution is 2.19. The van der Waals surface area contributed by atoms with E-state index in [0.29, 0.717) is 12.4 Å². The van der Waals surface area contributed by atoms with Crippen LogP contribution in [0, 0.1) is 0 Å². The van der Waals surface area contributed by atoms with Crippen LogP contribution in [0.3, 0.4) is 0 Å². The van der Waals surface area contributed by atoms with Crippen molar-refractivity contribution in [3.63, 3.8) is 0 Å². The minimum atomic E-state index is -0.0856. The van der Waals surface area contributed by atoms with Gasteiger partial charge in [-0.25, -0.2) is 15.0 Å². The molecule has 0 saturated carbocycles. The molecule has 4 rings (SSSR count). The monoisotopic (exact) mass is 337 g/mol. The summed E-state index contributed by atoms with van der Waals surface area (Å²) in [4.78, 5) is 30.3. The largest absolute Gasteiger partial charge is 0.306 e. The molecule has 1 aliphatic heterocycles. The zero-order chi connectivity index (χ0) is 17.2. The third-order valence-electron chi connectivity index (χ3n) is 4.47. The summed E-state index contributed by atoms with van der Waals surface area (Å²) in [5.74, 6) is 0.529. The maximum atomic E-state index is 12.5. The standard InChI is InChI=1S/C17H19N7O/c1-2-24-13(3-5-20-24)9-23-6-4-15-14(10-23)17(25)22-16(21-15)12-7-18-11-19-8-12/h3,5,7-8,11H,2,4,6,9-10H2,1H3,(H,21,22,25). The van der Waals surface area contributed by atoms with Crippen molar-refractivity contribution in [3.8, 4) is 11.4 Å². The van der Waals surface area contributed by atoms with E-state index in [1.54, 1.807) is 12.4 Å². The van der Waals surface area contributed by atoms with Gasteiger partial charge in [-0.3, -0.25) is 14.4 Å². The van der Waals surface area contributed by atoms with Crippen LogP contribution >= 0.6 is 0 Å². The fraction of sp³-hybridized carbons (Fsp3) is 0.353. The van der Waals surface area contributed by atoms with Gasteiger partial charge in [0.15, 0.2) is 0 Å². The van der Waals surface area contributed by atoms with E-state index in [1.807, 2.05) is 16.9 Å². The van der Waals surface area contributed by atoms with Crippen LogP contribution in [0.1, 0.15) is 23.9 Å². The maximum absolute atomic E-state index is 12.5. The summed E-state index contributed by atoms with van der Waals surface area (Å²) in [7, 11) is 0. The Morgan fingerprint density at radius 1 is 1.28 bits per heavy atom. The number of rotatable bonds is 4. The number of hydrogen-bond donors (Lipinski definition) is 1. The van der Waals surface area contributed by atoms with E-state index in [4.69, 9.17) is 0 Å². The highest BCUT2D eigenvalue weighted by molar-refractivity contribution is 5.52. The lowest BCUT2D eigenvalue weighted by Crippen LogP contribution is -2.36. The molecule has 4 heterocycles. The quantitative estimate of drug-likeness (QED) is 0.763. The first-order chi connectivity index (χ1) is 12.2. The maximum Gasteiger partial charge on any atom is 0.255 e. The molecule has 0 bridgehead atoms. The summed E-state index contributed by atoms with van der Waals surface area (Å²) in [5.41, 5.74) is 3.40. The lowest BCUT2D eigenvalue weighted by Gasteiger charge is -2.27. The lowest BCUT2D eigenvalue weighted by atomic mass is 10.1. The smallest absolute Gasteiger partial charge is 0.255 e. The molecule has 0 unspecified atom stereocenters. The Hall–Kier alpha value is -2.87. The summed E-state index contributed by atoms with van der Waals surface area (Å²) in [6.07, 6.45) is 7.33. The Morgan fingerprint density at radius 3 is 2.92 bits per heavy atom. The molecule has 0 saturated heterocycles. The van der Waals surface area contributed by atoms with Crippen LogP contribution in [0.2, 0.25) is 0 Å². The van der Waals surface area contributed by atoms with Gasteiger partial charge in [-0.2, -0.15) is 5.10 Å². The van der Waals surface area contributed by atoms with Crippen molar-refractivity contribution >= 4 is 0 Å². The van der Waals surface area contributed by atoms with Gasteiger partial charge in [0.05, 0.1) is 22.5 Å². The Bertz CT molecular complexity index is 932. The number of hydrogen-bond acceptors (Lipinski definition) is 6. The molecule has 0 amide bonds. The van der Waals surface area contributed by atoms with E-state index < -0.39 is 0 Å². The number of aryl methyl sites for hydroxylation is 1. The van der Waals surface area contributed by atoms with Crippen LogP contribution in [0.4, 0.5) is 0 Å². The SMILES string of the molecule is CCn1nccc1CN1CCc2nc(-c3cncnc3)[nH]c(=O)c2C1. The van der Waals surface area contributed by atoms with Crippen LogP contribution in [0.25, 0.3) is 11.4 Å². The topological polar surface area (TPSA) is 92.6 Å². The van der Waals surface area contributed by atoms with E-state index in [0.717, 1.165) is 48.6 Å². The van der Waals surface area contributed by atoms with Gasteiger partial charge in [0.25, 0.3) is 5.56 Å². The second-order valence-corrected chi connectivity index (χ2v) is 6.07. The number of nitrogens with one attached hydrogen (secondary N) is 1. The number of nitrogens with zero attached hydrogens (tertiary/aromatic N) is 6. The predicted molar refractivity (Wildman–Crippen MR) is 91.6 cm³/mol. The van der Waals surface area contributed by atoms with Crippen molar-refractivity contribution in [1.82, 2.24) is 34.6 Å². The van der Waals surface area contributed by atoms with Gasteiger partial charge in [0.2, 0.25) is 0 Å². The zero-order valence-corrected chi connectivity index (χ0v) is 14.0. The van der Waals surface area contributed by atoms with E-state index in [-0.39, 0.29) is 5.56 Å². The molecule has 1 aliphatic rings. The third kappa shape index (κ3) is 3.08. The Balaban J connectivity index is 1.59. The predicted octanol–water partition coefficient (Wildman–Crippen LogP) is 1.00. The third-order valence-corrected chi connectivity index (χ3v) is 4.47. The van der Waals surface area contributed by atoms with E-state index in [1.165, 1.54) is 6.33 Å². The summed E-state index contributed by atoms with van der Waals surface area (Å²) in [6, 6.07) is 2.03. The molecule has 1 N–H and O–H groups in total. The van der Waals surface area contributed by atoms with Crippen molar-refractivity contribution in [3.05, 3.63) is 58.3 Å². The molecule has 0 spiro atoms. The summed E-state index contributed by atoms with van der Waals surface area (Å²) >= 11 is 0. The molecule has 8 heteroatoms. The minimum Gasteiger partial charge on any atom is -0.306 e. The van der Waals surface area contributed by atoms with Gasteiger partial charge in [-0.1, -0.05) is 0 Å². The normalized spacial score (nSPS) is 14.4. The highest BCUT2D eigenvalue weighted by Gasteiger charge is 2.22. The zero-order valence-electron chi connectivity index (χ0n) is 14.0. The summed E-state index contributed by atoms with van der Waals surface area (Å²) in [5, 5.41) is 4.31. The van der Waals surface area contributed by atoms with Crippen molar-refractivity contribution in [2.45, 2.75) is 33.0 Å². The molecule has 128 valence electrons. The lowest BCUT2D eigenvalue weighted by molar-refractivity contribution is 0.234. The molecule has 8 nitrogen and oxygen atoms in total. The van der Waals surface area contributed by atoms with Crippen molar-refractivity contribution < 1.29 is 0 Å². The second-order valence-electron chi connectivity index (χ2n) is 6.07. The fourth-order valence-corrected chi connectivity index (χ4v) is 3.18. The van der Waals surface area contributed by atoms with Crippen LogP contribution in [-0.2, 0) is 26.1 Å². The fourth-order valence-electron chi connectivity index (χ4n) is 3.18. The molecule has 3 aromatic rings. The van der Waals surface area contributed by atoms with Crippen molar-refractivity contribution in [2.75, 3.05) is 6.54 Å². The van der Waals surface area contributed by atoms with Crippen LogP contribution in [-0.4, -0.2) is 41.2 Å². The highest BCUT2D eigenvalue weighted by atomic mass is 16.1. The summed E-state index contributed by atoms with van der Waals surface area (Å²) in [6.45, 7) is 5.16. The molecule has 0 atom stereocenters. The minimum absolute atomic E-state index is 0.0856. The Morgan fingerprint density at radius 2 is 2.12 bits per heavy atom. The van der Waals surface area contributed by atoms with E-state index >= 15 is 0 Å². The van der Waals surface area contributed by atoms with Gasteiger partial charge in [-0.05, 0) is 13.0 Å². The molecular weight excluding hydrogens is 318 g/mol. The number of aromatic nitrogens is 6. The van der Waals surface area contributed by atoms with Crippen LogP contribution < -0.4 is 5.56 Å². The van der Waals surface area contributed by atoms with Gasteiger partial charge in [-0.15, -0.1) is 0 Å². The van der Waals surface area contributed by atoms with E-state index in [2.05, 4.69) is 36.9 Å². The molecule has 0 fully saturated rings. The average Bonchev–Trinajstić information content (AvgIpc) is 3.10. The molecular formula is C17H19N7O. The van der Waals surface area contributed by atoms with Crippen LogP contribution in [0.5, 0.6) is 0 Å². The Labute approximate surface area is 144 Å².